The zero-order valence-corrected chi connectivity index (χ0v) is 20.8. The maximum atomic E-state index is 14.1. The van der Waals surface area contributed by atoms with Gasteiger partial charge in [-0.2, -0.15) is 0 Å². The van der Waals surface area contributed by atoms with Crippen LogP contribution in [0, 0.1) is 12.7 Å². The first-order valence-electron chi connectivity index (χ1n) is 11.6. The number of ether oxygens (including phenoxy) is 2. The second-order valence-corrected chi connectivity index (χ2v) is 8.99. The smallest absolute Gasteiger partial charge is 0.300 e. The maximum absolute atomic E-state index is 14.1. The zero-order valence-electron chi connectivity index (χ0n) is 20.8. The van der Waals surface area contributed by atoms with Crippen molar-refractivity contribution < 1.29 is 28.6 Å². The van der Waals surface area contributed by atoms with Crippen molar-refractivity contribution in [1.82, 2.24) is 0 Å². The summed E-state index contributed by atoms with van der Waals surface area (Å²) in [5.41, 5.74) is 2.67. The van der Waals surface area contributed by atoms with Crippen molar-refractivity contribution in [2.75, 3.05) is 19.1 Å². The quantitative estimate of drug-likeness (QED) is 0.265. The predicted octanol–water partition coefficient (Wildman–Crippen LogP) is 5.90. The van der Waals surface area contributed by atoms with Crippen LogP contribution in [0.5, 0.6) is 11.5 Å². The number of carbonyl (C=O) groups excluding carboxylic acids is 2. The van der Waals surface area contributed by atoms with Crippen LogP contribution in [0.4, 0.5) is 10.1 Å². The normalized spacial score (nSPS) is 17.1. The van der Waals surface area contributed by atoms with Crippen molar-refractivity contribution in [3.8, 4) is 11.5 Å². The molecule has 0 aromatic heterocycles. The molecule has 0 spiro atoms. The lowest BCUT2D eigenvalue weighted by molar-refractivity contribution is -0.132. The lowest BCUT2D eigenvalue weighted by Gasteiger charge is -2.26. The molecule has 4 rings (SSSR count). The van der Waals surface area contributed by atoms with Crippen molar-refractivity contribution in [3.05, 3.63) is 94.3 Å². The number of amides is 1. The maximum Gasteiger partial charge on any atom is 0.300 e. The Balaban J connectivity index is 1.98. The fourth-order valence-electron chi connectivity index (χ4n) is 4.55. The Morgan fingerprint density at radius 1 is 1.00 bits per heavy atom. The Morgan fingerprint density at radius 3 is 2.28 bits per heavy atom. The minimum atomic E-state index is -0.971. The number of aliphatic hydroxyl groups excluding tert-OH is 1. The summed E-state index contributed by atoms with van der Waals surface area (Å²) in [4.78, 5) is 27.9. The Kier molecular flexibility index (Phi) is 6.84. The molecule has 1 fully saturated rings. The molecule has 1 N–H and O–H groups in total. The third-order valence-corrected chi connectivity index (χ3v) is 6.42. The van der Waals surface area contributed by atoms with Crippen LogP contribution in [0.15, 0.2) is 66.2 Å². The molecule has 1 aliphatic rings. The summed E-state index contributed by atoms with van der Waals surface area (Å²) in [5, 5.41) is 11.6. The summed E-state index contributed by atoms with van der Waals surface area (Å²) < 4.78 is 24.9. The summed E-state index contributed by atoms with van der Waals surface area (Å²) in [6.07, 6.45) is 0. The highest BCUT2D eigenvalue weighted by molar-refractivity contribution is 6.51. The van der Waals surface area contributed by atoms with Crippen molar-refractivity contribution in [1.29, 1.82) is 0 Å². The van der Waals surface area contributed by atoms with Crippen LogP contribution in [0.2, 0.25) is 0 Å². The van der Waals surface area contributed by atoms with Gasteiger partial charge < -0.3 is 14.6 Å². The fraction of sp³-hybridized carbons (Fsp3) is 0.241. The molecular weight excluding hydrogens is 461 g/mol. The van der Waals surface area contributed by atoms with Crippen LogP contribution in [0.3, 0.4) is 0 Å². The van der Waals surface area contributed by atoms with Gasteiger partial charge in [-0.1, -0.05) is 32.0 Å². The van der Waals surface area contributed by atoms with E-state index in [4.69, 9.17) is 9.47 Å². The SMILES string of the molecule is COc1ccc(C2/C(=C(\O)c3cc(C(C)C)c(OC)cc3C)C(=O)C(=O)N2c2cccc(F)c2)cc1. The van der Waals surface area contributed by atoms with Gasteiger partial charge in [-0.05, 0) is 72.0 Å². The number of aliphatic hydroxyl groups is 1. The molecule has 0 saturated carbocycles. The van der Waals surface area contributed by atoms with Crippen LogP contribution in [0.1, 0.15) is 48.1 Å². The molecule has 3 aromatic carbocycles. The Labute approximate surface area is 209 Å². The Hall–Kier alpha value is -4.13. The lowest BCUT2D eigenvalue weighted by Crippen LogP contribution is -2.29. The van der Waals surface area contributed by atoms with E-state index in [9.17, 15) is 19.1 Å². The third-order valence-electron chi connectivity index (χ3n) is 6.42. The molecule has 1 saturated heterocycles. The van der Waals surface area contributed by atoms with Crippen LogP contribution >= 0.6 is 0 Å². The average Bonchev–Trinajstić information content (AvgIpc) is 3.13. The number of carbonyl (C=O) groups is 2. The molecule has 36 heavy (non-hydrogen) atoms. The minimum absolute atomic E-state index is 0.0719. The number of anilines is 1. The molecule has 0 bridgehead atoms. The number of Topliss-reactive ketones (excluding diaryl/α,β-unsaturated/α-hetero) is 1. The first kappa shape index (κ1) is 25.0. The van der Waals surface area contributed by atoms with Crippen LogP contribution < -0.4 is 14.4 Å². The molecule has 7 heteroatoms. The van der Waals surface area contributed by atoms with E-state index in [-0.39, 0.29) is 22.9 Å². The first-order valence-corrected chi connectivity index (χ1v) is 11.6. The number of aryl methyl sites for hydroxylation is 1. The number of hydrogen-bond donors (Lipinski definition) is 1. The van der Waals surface area contributed by atoms with Crippen molar-refractivity contribution in [2.24, 2.45) is 0 Å². The van der Waals surface area contributed by atoms with Crippen molar-refractivity contribution in [2.45, 2.75) is 32.7 Å². The highest BCUT2D eigenvalue weighted by Crippen LogP contribution is 2.43. The Bertz CT molecular complexity index is 1360. The minimum Gasteiger partial charge on any atom is -0.507 e. The van der Waals surface area contributed by atoms with E-state index in [2.05, 4.69) is 0 Å². The van der Waals surface area contributed by atoms with E-state index in [1.165, 1.54) is 30.2 Å². The van der Waals surface area contributed by atoms with E-state index >= 15 is 0 Å². The van der Waals surface area contributed by atoms with E-state index in [0.717, 1.165) is 5.56 Å². The third kappa shape index (κ3) is 4.33. The Morgan fingerprint density at radius 2 is 1.69 bits per heavy atom. The molecule has 1 amide bonds. The van der Waals surface area contributed by atoms with Gasteiger partial charge in [0, 0.05) is 11.3 Å². The van der Waals surface area contributed by atoms with Crippen molar-refractivity contribution in [3.63, 3.8) is 0 Å². The molecule has 3 aromatic rings. The molecule has 6 nitrogen and oxygen atoms in total. The van der Waals surface area contributed by atoms with Gasteiger partial charge in [-0.25, -0.2) is 4.39 Å². The van der Waals surface area contributed by atoms with E-state index in [1.807, 2.05) is 13.8 Å². The van der Waals surface area contributed by atoms with Gasteiger partial charge in [0.15, 0.2) is 0 Å². The number of ketones is 1. The molecular formula is C29H28FNO5. The summed E-state index contributed by atoms with van der Waals surface area (Å²) in [7, 11) is 3.11. The summed E-state index contributed by atoms with van der Waals surface area (Å²) in [6, 6.07) is 14.9. The molecule has 1 heterocycles. The number of rotatable bonds is 6. The summed E-state index contributed by atoms with van der Waals surface area (Å²) in [6.45, 7) is 5.79. The second-order valence-electron chi connectivity index (χ2n) is 8.99. The van der Waals surface area contributed by atoms with E-state index < -0.39 is 23.5 Å². The van der Waals surface area contributed by atoms with Gasteiger partial charge in [-0.3, -0.25) is 14.5 Å². The molecule has 1 atom stereocenters. The number of methoxy groups -OCH3 is 2. The largest absolute Gasteiger partial charge is 0.507 e. The highest BCUT2D eigenvalue weighted by Gasteiger charge is 2.47. The summed E-state index contributed by atoms with van der Waals surface area (Å²) in [5.74, 6) is -1.19. The van der Waals surface area contributed by atoms with Crippen molar-refractivity contribution >= 4 is 23.1 Å². The molecule has 1 aliphatic heterocycles. The highest BCUT2D eigenvalue weighted by atomic mass is 19.1. The molecule has 0 radical (unpaired) electrons. The number of hydrogen-bond acceptors (Lipinski definition) is 5. The van der Waals surface area contributed by atoms with E-state index in [1.54, 1.807) is 56.5 Å². The number of halogens is 1. The monoisotopic (exact) mass is 489 g/mol. The zero-order chi connectivity index (χ0) is 26.1. The van der Waals surface area contributed by atoms with Gasteiger partial charge in [0.2, 0.25) is 0 Å². The predicted molar refractivity (Wildman–Crippen MR) is 136 cm³/mol. The van der Waals surface area contributed by atoms with E-state index in [0.29, 0.717) is 28.2 Å². The van der Waals surface area contributed by atoms with Gasteiger partial charge >= 0.3 is 0 Å². The first-order chi connectivity index (χ1) is 17.2. The number of benzene rings is 3. The van der Waals surface area contributed by atoms with Gasteiger partial charge in [0.25, 0.3) is 11.7 Å². The van der Waals surface area contributed by atoms with Gasteiger partial charge in [0.1, 0.15) is 23.1 Å². The topological polar surface area (TPSA) is 76.1 Å². The van der Waals surface area contributed by atoms with Gasteiger partial charge in [-0.15, -0.1) is 0 Å². The van der Waals surface area contributed by atoms with Gasteiger partial charge in [0.05, 0.1) is 25.8 Å². The number of nitrogens with zero attached hydrogens (tertiary/aromatic N) is 1. The van der Waals surface area contributed by atoms with Crippen LogP contribution in [0.25, 0.3) is 5.76 Å². The second kappa shape index (κ2) is 9.85. The summed E-state index contributed by atoms with van der Waals surface area (Å²) >= 11 is 0. The standard InChI is InChI=1S/C29H28FNO5/c1-16(2)22-15-23(17(3)13-24(22)36-5)27(32)25-26(18-9-11-21(35-4)12-10-18)31(29(34)28(25)33)20-8-6-7-19(30)14-20/h6-16,26,32H,1-5H3/b27-25+. The molecule has 186 valence electrons. The van der Waals surface area contributed by atoms with Crippen LogP contribution in [-0.2, 0) is 9.59 Å². The fourth-order valence-corrected chi connectivity index (χ4v) is 4.55. The van der Waals surface area contributed by atoms with Crippen LogP contribution in [-0.4, -0.2) is 31.0 Å². The molecule has 1 unspecified atom stereocenters. The lowest BCUT2D eigenvalue weighted by atomic mass is 9.91. The average molecular weight is 490 g/mol. The molecule has 0 aliphatic carbocycles.